The molecule has 2 saturated heterocycles. The Kier molecular flexibility index (Phi) is 5.10. The van der Waals surface area contributed by atoms with Gasteiger partial charge in [-0.2, -0.15) is 0 Å². The van der Waals surface area contributed by atoms with Crippen molar-refractivity contribution < 1.29 is 14.3 Å². The zero-order valence-corrected chi connectivity index (χ0v) is 20.2. The number of carbonyl (C=O) groups is 2. The summed E-state index contributed by atoms with van der Waals surface area (Å²) in [6.07, 6.45) is 2.95. The third-order valence-electron chi connectivity index (χ3n) is 8.14. The molecule has 182 valence electrons. The molecule has 0 aliphatic carbocycles. The van der Waals surface area contributed by atoms with Gasteiger partial charge in [-0.25, -0.2) is 0 Å². The molecule has 36 heavy (non-hydrogen) atoms. The van der Waals surface area contributed by atoms with E-state index in [2.05, 4.69) is 41.4 Å². The first-order valence-electron chi connectivity index (χ1n) is 12.9. The fourth-order valence-electron chi connectivity index (χ4n) is 6.43. The minimum absolute atomic E-state index is 0.00898. The maximum absolute atomic E-state index is 13.9. The van der Waals surface area contributed by atoms with E-state index in [1.807, 2.05) is 40.1 Å². The van der Waals surface area contributed by atoms with Crippen LogP contribution in [0.4, 0.5) is 0 Å². The number of aromatic amines is 1. The van der Waals surface area contributed by atoms with Crippen LogP contribution in [0.5, 0.6) is 0 Å². The van der Waals surface area contributed by atoms with Gasteiger partial charge in [-0.05, 0) is 40.8 Å². The lowest BCUT2D eigenvalue weighted by atomic mass is 9.87. The molecule has 3 aliphatic rings. The summed E-state index contributed by atoms with van der Waals surface area (Å²) in [5, 5.41) is 3.44. The first kappa shape index (κ1) is 21.6. The topological polar surface area (TPSA) is 65.6 Å². The lowest BCUT2D eigenvalue weighted by molar-refractivity contribution is -0.158. The molecule has 4 aromatic rings. The van der Waals surface area contributed by atoms with E-state index in [0.717, 1.165) is 52.4 Å². The number of carbonyl (C=O) groups excluding carboxylic acids is 2. The summed E-state index contributed by atoms with van der Waals surface area (Å²) in [6, 6.07) is 22.0. The van der Waals surface area contributed by atoms with Crippen molar-refractivity contribution in [2.75, 3.05) is 19.7 Å². The quantitative estimate of drug-likeness (QED) is 0.473. The summed E-state index contributed by atoms with van der Waals surface area (Å²) < 4.78 is 5.85. The normalized spacial score (nSPS) is 23.4. The predicted octanol–water partition coefficient (Wildman–Crippen LogP) is 4.38. The van der Waals surface area contributed by atoms with Crippen LogP contribution >= 0.6 is 0 Å². The molecule has 3 aliphatic heterocycles. The highest BCUT2D eigenvalue weighted by Gasteiger charge is 2.49. The molecule has 1 N–H and O–H groups in total. The van der Waals surface area contributed by atoms with E-state index < -0.39 is 6.04 Å². The molecule has 4 heterocycles. The number of hydrogen-bond donors (Lipinski definition) is 1. The van der Waals surface area contributed by atoms with Crippen molar-refractivity contribution in [3.63, 3.8) is 0 Å². The van der Waals surface area contributed by atoms with Crippen LogP contribution in [0.3, 0.4) is 0 Å². The summed E-state index contributed by atoms with van der Waals surface area (Å²) >= 11 is 0. The molecule has 2 bridgehead atoms. The van der Waals surface area contributed by atoms with Crippen molar-refractivity contribution in [3.05, 3.63) is 83.6 Å². The molecule has 0 saturated carbocycles. The molecule has 6 heteroatoms. The summed E-state index contributed by atoms with van der Waals surface area (Å²) in [5.74, 6) is 0.0549. The zero-order chi connectivity index (χ0) is 24.2. The molecular weight excluding hydrogens is 450 g/mol. The number of rotatable bonds is 4. The second-order valence-electron chi connectivity index (χ2n) is 10.3. The minimum atomic E-state index is -0.482. The highest BCUT2D eigenvalue weighted by Crippen LogP contribution is 2.41. The van der Waals surface area contributed by atoms with Crippen LogP contribution < -0.4 is 0 Å². The van der Waals surface area contributed by atoms with Gasteiger partial charge in [0, 0.05) is 42.7 Å². The minimum Gasteiger partial charge on any atom is -0.376 e. The fraction of sp³-hybridized carbons (Fsp3) is 0.333. The number of para-hydroxylation sites is 1. The van der Waals surface area contributed by atoms with Crippen LogP contribution in [0.2, 0.25) is 0 Å². The number of nitrogens with one attached hydrogen (secondary N) is 1. The summed E-state index contributed by atoms with van der Waals surface area (Å²) in [5.41, 5.74) is 4.29. The number of aromatic nitrogens is 1. The lowest BCUT2D eigenvalue weighted by Gasteiger charge is -2.49. The molecule has 1 aromatic heterocycles. The van der Waals surface area contributed by atoms with Gasteiger partial charge in [-0.3, -0.25) is 9.59 Å². The Labute approximate surface area is 209 Å². The van der Waals surface area contributed by atoms with Crippen molar-refractivity contribution in [1.82, 2.24) is 14.8 Å². The van der Waals surface area contributed by atoms with Gasteiger partial charge in [-0.15, -0.1) is 0 Å². The van der Waals surface area contributed by atoms with Gasteiger partial charge in [0.25, 0.3) is 0 Å². The van der Waals surface area contributed by atoms with Gasteiger partial charge >= 0.3 is 0 Å². The number of nitrogens with zero attached hydrogens (tertiary/aromatic N) is 2. The molecule has 0 radical (unpaired) electrons. The van der Waals surface area contributed by atoms with E-state index in [4.69, 9.17) is 4.74 Å². The number of H-pyrrole nitrogens is 1. The van der Waals surface area contributed by atoms with E-state index in [1.165, 1.54) is 5.56 Å². The van der Waals surface area contributed by atoms with Crippen LogP contribution in [0, 0.1) is 0 Å². The molecule has 2 amide bonds. The first-order chi connectivity index (χ1) is 17.7. The van der Waals surface area contributed by atoms with E-state index in [9.17, 15) is 9.59 Å². The largest absolute Gasteiger partial charge is 0.376 e. The van der Waals surface area contributed by atoms with Crippen LogP contribution in [-0.2, 0) is 27.2 Å². The zero-order valence-electron chi connectivity index (χ0n) is 20.2. The average molecular weight is 480 g/mol. The number of amides is 2. The molecule has 3 atom stereocenters. The van der Waals surface area contributed by atoms with Gasteiger partial charge < -0.3 is 19.5 Å². The molecule has 6 nitrogen and oxygen atoms in total. The number of piperazine rings is 1. The standard InChI is InChI=1S/C30H29N3O3/c34-28(15-19-11-12-20-6-1-2-7-21(20)14-19)33-26-16-24-23-9-3-4-10-25(23)31-29(24)27(33)18-32(30(26)35)17-22-8-5-13-36-22/h1-4,6-7,9-12,14,22,26-27,31H,5,8,13,15-18H2/t22?,26?,27-/m1/s1. The third-order valence-corrected chi connectivity index (χ3v) is 8.14. The summed E-state index contributed by atoms with van der Waals surface area (Å²) in [6.45, 7) is 1.87. The van der Waals surface area contributed by atoms with Gasteiger partial charge in [0.2, 0.25) is 11.8 Å². The molecule has 0 spiro atoms. The third kappa shape index (κ3) is 3.51. The summed E-state index contributed by atoms with van der Waals surface area (Å²) in [7, 11) is 0. The predicted molar refractivity (Wildman–Crippen MR) is 139 cm³/mol. The van der Waals surface area contributed by atoms with Crippen molar-refractivity contribution in [3.8, 4) is 0 Å². The Balaban J connectivity index is 1.24. The molecule has 2 unspecified atom stereocenters. The van der Waals surface area contributed by atoms with E-state index in [0.29, 0.717) is 19.5 Å². The Hall–Kier alpha value is -3.64. The van der Waals surface area contributed by atoms with E-state index in [1.54, 1.807) is 0 Å². The number of ether oxygens (including phenoxy) is 1. The monoisotopic (exact) mass is 479 g/mol. The van der Waals surface area contributed by atoms with Gasteiger partial charge in [0.1, 0.15) is 6.04 Å². The Morgan fingerprint density at radius 2 is 1.83 bits per heavy atom. The van der Waals surface area contributed by atoms with Crippen molar-refractivity contribution >= 4 is 33.5 Å². The van der Waals surface area contributed by atoms with E-state index >= 15 is 0 Å². The average Bonchev–Trinajstić information content (AvgIpc) is 3.54. The Morgan fingerprint density at radius 1 is 1.00 bits per heavy atom. The Morgan fingerprint density at radius 3 is 2.69 bits per heavy atom. The van der Waals surface area contributed by atoms with Crippen LogP contribution in [0.25, 0.3) is 21.7 Å². The highest BCUT2D eigenvalue weighted by atomic mass is 16.5. The molecule has 7 rings (SSSR count). The highest BCUT2D eigenvalue weighted by molar-refractivity contribution is 5.94. The van der Waals surface area contributed by atoms with Gasteiger partial charge in [0.15, 0.2) is 0 Å². The molecule has 2 fully saturated rings. The van der Waals surface area contributed by atoms with Crippen LogP contribution in [0.15, 0.2) is 66.7 Å². The first-order valence-corrected chi connectivity index (χ1v) is 12.9. The van der Waals surface area contributed by atoms with Gasteiger partial charge in [-0.1, -0.05) is 60.7 Å². The second kappa shape index (κ2) is 8.49. The van der Waals surface area contributed by atoms with Crippen LogP contribution in [0.1, 0.15) is 35.7 Å². The lowest BCUT2D eigenvalue weighted by Crippen LogP contribution is -2.63. The maximum Gasteiger partial charge on any atom is 0.245 e. The van der Waals surface area contributed by atoms with Crippen LogP contribution in [-0.4, -0.2) is 58.4 Å². The molecular formula is C30H29N3O3. The van der Waals surface area contributed by atoms with Crippen molar-refractivity contribution in [1.29, 1.82) is 0 Å². The maximum atomic E-state index is 13.9. The van der Waals surface area contributed by atoms with Crippen molar-refractivity contribution in [2.45, 2.75) is 43.9 Å². The van der Waals surface area contributed by atoms with Gasteiger partial charge in [0.05, 0.1) is 18.6 Å². The number of hydrogen-bond acceptors (Lipinski definition) is 3. The Bertz CT molecular complexity index is 1490. The SMILES string of the molecule is O=C1C2Cc3c([nH]c4ccccc34)[C@@H](CN1CC1CCCO1)N2C(=O)Cc1ccc2ccccc2c1. The van der Waals surface area contributed by atoms with E-state index in [-0.39, 0.29) is 30.4 Å². The molecule has 3 aromatic carbocycles. The second-order valence-corrected chi connectivity index (χ2v) is 10.3. The number of fused-ring (bicyclic) bond motifs is 7. The number of benzene rings is 3. The van der Waals surface area contributed by atoms with Crippen molar-refractivity contribution in [2.24, 2.45) is 0 Å². The summed E-state index contributed by atoms with van der Waals surface area (Å²) in [4.78, 5) is 35.1. The smallest absolute Gasteiger partial charge is 0.245 e. The fourth-order valence-corrected chi connectivity index (χ4v) is 6.43.